The van der Waals surface area contributed by atoms with Gasteiger partial charge in [0.1, 0.15) is 9.71 Å². The third-order valence-electron chi connectivity index (χ3n) is 3.80. The molecule has 1 amide bonds. The summed E-state index contributed by atoms with van der Waals surface area (Å²) in [5.41, 5.74) is 8.92. The number of benzene rings is 1. The number of nitrogen functional groups attached to an aromatic ring is 1. The summed E-state index contributed by atoms with van der Waals surface area (Å²) in [5.74, 6) is -1.39. The molecule has 0 saturated carbocycles. The van der Waals surface area contributed by atoms with Crippen molar-refractivity contribution in [1.82, 2.24) is 4.98 Å². The van der Waals surface area contributed by atoms with Crippen LogP contribution in [0.15, 0.2) is 30.3 Å². The quantitative estimate of drug-likeness (QED) is 0.634. The number of nitrogens with one attached hydrogen (secondary N) is 1. The number of nitrogens with two attached hydrogens (primary N) is 1. The number of rotatable bonds is 5. The first-order chi connectivity index (χ1) is 12.4. The number of ether oxygens (including phenoxy) is 1. The number of aryl methyl sites for hydroxylation is 1. The number of aromatic nitrogens is 1. The van der Waals surface area contributed by atoms with Crippen molar-refractivity contribution in [3.05, 3.63) is 52.0 Å². The highest BCUT2D eigenvalue weighted by Gasteiger charge is 2.20. The van der Waals surface area contributed by atoms with Crippen LogP contribution in [0.5, 0.6) is 0 Å². The summed E-state index contributed by atoms with van der Waals surface area (Å²) < 4.78 is 5.21. The maximum absolute atomic E-state index is 12.6. The first-order valence-corrected chi connectivity index (χ1v) is 8.54. The minimum atomic E-state index is -1.02. The zero-order valence-electron chi connectivity index (χ0n) is 14.2. The molecule has 3 aromatic rings. The van der Waals surface area contributed by atoms with E-state index in [0.29, 0.717) is 27.7 Å². The molecule has 2 aromatic heterocycles. The number of hydrogen-bond donors (Lipinski definition) is 3. The first kappa shape index (κ1) is 17.8. The topological polar surface area (TPSA) is 115 Å². The maximum Gasteiger partial charge on any atom is 0.335 e. The Labute approximate surface area is 153 Å². The number of methoxy groups -OCH3 is 1. The second-order valence-electron chi connectivity index (χ2n) is 5.72. The van der Waals surface area contributed by atoms with Gasteiger partial charge >= 0.3 is 5.97 Å². The van der Waals surface area contributed by atoms with E-state index in [1.54, 1.807) is 7.11 Å². The highest BCUT2D eigenvalue weighted by atomic mass is 32.1. The van der Waals surface area contributed by atoms with Crippen LogP contribution in [0.3, 0.4) is 0 Å². The molecule has 7 nitrogen and oxygen atoms in total. The largest absolute Gasteiger partial charge is 0.478 e. The highest BCUT2D eigenvalue weighted by molar-refractivity contribution is 7.21. The number of aromatic carboxylic acids is 1. The molecule has 0 radical (unpaired) electrons. The number of carboxylic acid groups (broad SMARTS) is 1. The van der Waals surface area contributed by atoms with Gasteiger partial charge in [-0.05, 0) is 42.8 Å². The fourth-order valence-electron chi connectivity index (χ4n) is 2.66. The summed E-state index contributed by atoms with van der Waals surface area (Å²) in [6, 6.07) is 7.80. The molecule has 0 spiro atoms. The minimum Gasteiger partial charge on any atom is -0.478 e. The third-order valence-corrected chi connectivity index (χ3v) is 4.90. The first-order valence-electron chi connectivity index (χ1n) is 7.73. The molecule has 134 valence electrons. The highest BCUT2D eigenvalue weighted by Crippen LogP contribution is 2.36. The van der Waals surface area contributed by atoms with Crippen molar-refractivity contribution >= 4 is 44.8 Å². The van der Waals surface area contributed by atoms with Crippen LogP contribution in [0.25, 0.3) is 10.2 Å². The second kappa shape index (κ2) is 7.11. The van der Waals surface area contributed by atoms with Gasteiger partial charge in [-0.15, -0.1) is 11.3 Å². The van der Waals surface area contributed by atoms with E-state index < -0.39 is 5.97 Å². The molecular formula is C18H17N3O4S. The minimum absolute atomic E-state index is 0.147. The van der Waals surface area contributed by atoms with Gasteiger partial charge in [0, 0.05) is 23.9 Å². The molecule has 26 heavy (non-hydrogen) atoms. The Morgan fingerprint density at radius 1 is 1.31 bits per heavy atom. The third kappa shape index (κ3) is 3.37. The van der Waals surface area contributed by atoms with Gasteiger partial charge in [0.25, 0.3) is 5.91 Å². The number of fused-ring (bicyclic) bond motifs is 1. The molecule has 0 saturated heterocycles. The number of nitrogens with zero attached hydrogens (tertiary/aromatic N) is 1. The SMILES string of the molecule is COCc1cc(C)nc2sc(C(=O)Nc3ccc(C(=O)O)cc3)c(N)c12. The van der Waals surface area contributed by atoms with Crippen molar-refractivity contribution in [1.29, 1.82) is 0 Å². The Bertz CT molecular complexity index is 996. The van der Waals surface area contributed by atoms with E-state index in [1.165, 1.54) is 35.6 Å². The number of amides is 1. The van der Waals surface area contributed by atoms with Crippen LogP contribution in [-0.4, -0.2) is 29.1 Å². The molecule has 1 aromatic carbocycles. The van der Waals surface area contributed by atoms with E-state index in [-0.39, 0.29) is 11.5 Å². The van der Waals surface area contributed by atoms with E-state index in [4.69, 9.17) is 15.6 Å². The summed E-state index contributed by atoms with van der Waals surface area (Å²) in [5, 5.41) is 12.4. The molecule has 0 aliphatic rings. The van der Waals surface area contributed by atoms with Gasteiger partial charge in [0.05, 0.1) is 17.9 Å². The monoisotopic (exact) mass is 371 g/mol. The lowest BCUT2D eigenvalue weighted by Gasteiger charge is -2.06. The van der Waals surface area contributed by atoms with Gasteiger partial charge in [-0.3, -0.25) is 4.79 Å². The van der Waals surface area contributed by atoms with Gasteiger partial charge < -0.3 is 20.9 Å². The Kier molecular flexibility index (Phi) is 4.88. The fourth-order valence-corrected chi connectivity index (χ4v) is 3.74. The number of carbonyl (C=O) groups is 2. The average Bonchev–Trinajstić information content (AvgIpc) is 2.92. The van der Waals surface area contributed by atoms with E-state index in [2.05, 4.69) is 10.3 Å². The van der Waals surface area contributed by atoms with Crippen LogP contribution in [0.1, 0.15) is 31.3 Å². The van der Waals surface area contributed by atoms with Crippen molar-refractivity contribution in [2.45, 2.75) is 13.5 Å². The van der Waals surface area contributed by atoms with Crippen LogP contribution in [0.2, 0.25) is 0 Å². The van der Waals surface area contributed by atoms with Crippen molar-refractivity contribution in [2.75, 3.05) is 18.2 Å². The van der Waals surface area contributed by atoms with Gasteiger partial charge in [0.15, 0.2) is 0 Å². The van der Waals surface area contributed by atoms with E-state index in [9.17, 15) is 9.59 Å². The normalized spacial score (nSPS) is 10.8. The molecular weight excluding hydrogens is 354 g/mol. The van der Waals surface area contributed by atoms with E-state index in [0.717, 1.165) is 16.6 Å². The summed E-state index contributed by atoms with van der Waals surface area (Å²) in [6.07, 6.45) is 0. The summed E-state index contributed by atoms with van der Waals surface area (Å²) in [7, 11) is 1.60. The summed E-state index contributed by atoms with van der Waals surface area (Å²) in [4.78, 5) is 29.0. The van der Waals surface area contributed by atoms with Crippen LogP contribution < -0.4 is 11.1 Å². The maximum atomic E-state index is 12.6. The van der Waals surface area contributed by atoms with Gasteiger partial charge in [-0.25, -0.2) is 9.78 Å². The van der Waals surface area contributed by atoms with Crippen LogP contribution in [-0.2, 0) is 11.3 Å². The van der Waals surface area contributed by atoms with E-state index in [1.807, 2.05) is 13.0 Å². The lowest BCUT2D eigenvalue weighted by atomic mass is 10.1. The number of carbonyl (C=O) groups excluding carboxylic acids is 1. The van der Waals surface area contributed by atoms with Crippen LogP contribution >= 0.6 is 11.3 Å². The van der Waals surface area contributed by atoms with Crippen LogP contribution in [0.4, 0.5) is 11.4 Å². The molecule has 4 N–H and O–H groups in total. The zero-order chi connectivity index (χ0) is 18.8. The fraction of sp³-hybridized carbons (Fsp3) is 0.167. The number of pyridine rings is 1. The molecule has 2 heterocycles. The molecule has 0 aliphatic heterocycles. The number of hydrogen-bond acceptors (Lipinski definition) is 6. The zero-order valence-corrected chi connectivity index (χ0v) is 15.0. The standard InChI is InChI=1S/C18H17N3O4S/c1-9-7-11(8-25-2)13-14(19)15(26-17(13)20-9)16(22)21-12-5-3-10(4-6-12)18(23)24/h3-7H,8,19H2,1-2H3,(H,21,22)(H,23,24). The Hall–Kier alpha value is -2.97. The molecule has 3 rings (SSSR count). The molecule has 0 atom stereocenters. The lowest BCUT2D eigenvalue weighted by Crippen LogP contribution is -2.12. The van der Waals surface area contributed by atoms with Crippen LogP contribution in [0, 0.1) is 6.92 Å². The molecule has 0 unspecified atom stereocenters. The molecule has 8 heteroatoms. The second-order valence-corrected chi connectivity index (χ2v) is 6.72. The lowest BCUT2D eigenvalue weighted by molar-refractivity contribution is 0.0696. The number of anilines is 2. The van der Waals surface area contributed by atoms with Crippen molar-refractivity contribution < 1.29 is 19.4 Å². The number of carboxylic acids is 1. The summed E-state index contributed by atoms with van der Waals surface area (Å²) in [6.45, 7) is 2.25. The molecule has 0 aliphatic carbocycles. The van der Waals surface area contributed by atoms with Crippen molar-refractivity contribution in [3.8, 4) is 0 Å². The Morgan fingerprint density at radius 3 is 2.62 bits per heavy atom. The Morgan fingerprint density at radius 2 is 2.00 bits per heavy atom. The Balaban J connectivity index is 1.94. The summed E-state index contributed by atoms with van der Waals surface area (Å²) >= 11 is 1.22. The van der Waals surface area contributed by atoms with Gasteiger partial charge in [-0.1, -0.05) is 0 Å². The predicted molar refractivity (Wildman–Crippen MR) is 101 cm³/mol. The van der Waals surface area contributed by atoms with Crippen molar-refractivity contribution in [2.24, 2.45) is 0 Å². The van der Waals surface area contributed by atoms with E-state index >= 15 is 0 Å². The number of thiophene rings is 1. The van der Waals surface area contributed by atoms with Gasteiger partial charge in [-0.2, -0.15) is 0 Å². The van der Waals surface area contributed by atoms with Crippen molar-refractivity contribution in [3.63, 3.8) is 0 Å². The average molecular weight is 371 g/mol. The van der Waals surface area contributed by atoms with Gasteiger partial charge in [0.2, 0.25) is 0 Å². The molecule has 0 fully saturated rings. The predicted octanol–water partition coefficient (Wildman–Crippen LogP) is 3.28. The molecule has 0 bridgehead atoms. The smallest absolute Gasteiger partial charge is 0.335 e.